The number of carbonyl (C=O) groups is 1. The lowest BCUT2D eigenvalue weighted by Gasteiger charge is -2.23. The summed E-state index contributed by atoms with van der Waals surface area (Å²) in [6.45, 7) is 4.65. The standard InChI is InChI=1S/C29H25NO4/c1-3-16-32-23-14-12-20(13-15-23)28(31)24(29-30-25-9-5-7-11-27(25)34-29)18-22-17-21-8-4-6-10-26(21)33-19(22)2/h4-15,17-19H,3,16H2,1-2H3. The highest BCUT2D eigenvalue weighted by Crippen LogP contribution is 2.33. The van der Waals surface area contributed by atoms with E-state index in [0.717, 1.165) is 29.1 Å². The molecule has 0 N–H and O–H groups in total. The zero-order chi connectivity index (χ0) is 23.5. The van der Waals surface area contributed by atoms with Crippen molar-refractivity contribution in [2.24, 2.45) is 0 Å². The van der Waals surface area contributed by atoms with Crippen LogP contribution >= 0.6 is 0 Å². The van der Waals surface area contributed by atoms with Gasteiger partial charge in [-0.1, -0.05) is 37.3 Å². The maximum atomic E-state index is 13.7. The summed E-state index contributed by atoms with van der Waals surface area (Å²) in [5.41, 5.74) is 4.07. The first-order valence-electron chi connectivity index (χ1n) is 11.4. The molecule has 0 fully saturated rings. The molecule has 0 spiro atoms. The van der Waals surface area contributed by atoms with Crippen LogP contribution in [0.1, 0.15) is 42.1 Å². The molecule has 34 heavy (non-hydrogen) atoms. The van der Waals surface area contributed by atoms with E-state index in [-0.39, 0.29) is 17.8 Å². The van der Waals surface area contributed by atoms with Gasteiger partial charge in [0, 0.05) is 11.1 Å². The van der Waals surface area contributed by atoms with Crippen LogP contribution in [-0.4, -0.2) is 23.5 Å². The fraction of sp³-hybridized carbons (Fsp3) is 0.172. The van der Waals surface area contributed by atoms with E-state index in [2.05, 4.69) is 11.9 Å². The van der Waals surface area contributed by atoms with Gasteiger partial charge in [0.2, 0.25) is 5.89 Å². The number of ether oxygens (including phenoxy) is 2. The number of oxazole rings is 1. The van der Waals surface area contributed by atoms with Crippen LogP contribution in [0.25, 0.3) is 22.7 Å². The van der Waals surface area contributed by atoms with Gasteiger partial charge in [-0.3, -0.25) is 4.79 Å². The second kappa shape index (κ2) is 9.40. The summed E-state index contributed by atoms with van der Waals surface area (Å²) in [6.07, 6.45) is 4.56. The monoisotopic (exact) mass is 451 g/mol. The molecule has 0 aliphatic carbocycles. The van der Waals surface area contributed by atoms with Gasteiger partial charge in [0.1, 0.15) is 23.1 Å². The maximum absolute atomic E-state index is 13.7. The number of fused-ring (bicyclic) bond motifs is 2. The second-order valence-electron chi connectivity index (χ2n) is 8.19. The third kappa shape index (κ3) is 4.37. The molecule has 1 atom stereocenters. The van der Waals surface area contributed by atoms with Gasteiger partial charge in [-0.2, -0.15) is 0 Å². The molecule has 1 aliphatic rings. The van der Waals surface area contributed by atoms with E-state index in [4.69, 9.17) is 13.9 Å². The Morgan fingerprint density at radius 2 is 1.79 bits per heavy atom. The van der Waals surface area contributed by atoms with Crippen LogP contribution in [0.3, 0.4) is 0 Å². The van der Waals surface area contributed by atoms with Crippen LogP contribution in [-0.2, 0) is 0 Å². The van der Waals surface area contributed by atoms with Crippen molar-refractivity contribution in [2.45, 2.75) is 26.4 Å². The predicted octanol–water partition coefficient (Wildman–Crippen LogP) is 6.75. The normalized spacial score (nSPS) is 15.4. The van der Waals surface area contributed by atoms with Crippen molar-refractivity contribution in [3.8, 4) is 11.5 Å². The van der Waals surface area contributed by atoms with Crippen molar-refractivity contribution in [1.29, 1.82) is 0 Å². The van der Waals surface area contributed by atoms with Crippen LogP contribution in [0.4, 0.5) is 0 Å². The Balaban J connectivity index is 1.58. The predicted molar refractivity (Wildman–Crippen MR) is 133 cm³/mol. The lowest BCUT2D eigenvalue weighted by atomic mass is 9.96. The van der Waals surface area contributed by atoms with Gasteiger partial charge < -0.3 is 13.9 Å². The lowest BCUT2D eigenvalue weighted by Crippen LogP contribution is -2.18. The van der Waals surface area contributed by atoms with Gasteiger partial charge in [-0.15, -0.1) is 0 Å². The molecule has 0 bridgehead atoms. The SMILES string of the molecule is CCCOc1ccc(C(=O)C(=CC2=Cc3ccccc3OC2C)c2nc3ccccc3o2)cc1. The second-order valence-corrected chi connectivity index (χ2v) is 8.19. The summed E-state index contributed by atoms with van der Waals surface area (Å²) in [5.74, 6) is 1.66. The Labute approximate surface area is 198 Å². The van der Waals surface area contributed by atoms with Crippen molar-refractivity contribution in [2.75, 3.05) is 6.61 Å². The molecule has 5 rings (SSSR count). The number of benzene rings is 3. The van der Waals surface area contributed by atoms with E-state index in [0.29, 0.717) is 28.8 Å². The Kier molecular flexibility index (Phi) is 6.00. The van der Waals surface area contributed by atoms with Crippen molar-refractivity contribution >= 4 is 28.5 Å². The summed E-state index contributed by atoms with van der Waals surface area (Å²) in [7, 11) is 0. The first kappa shape index (κ1) is 21.7. The quantitative estimate of drug-likeness (QED) is 0.230. The Morgan fingerprint density at radius 1 is 1.03 bits per heavy atom. The first-order valence-corrected chi connectivity index (χ1v) is 11.4. The summed E-state index contributed by atoms with van der Waals surface area (Å²) < 4.78 is 17.8. The Morgan fingerprint density at radius 3 is 2.59 bits per heavy atom. The minimum Gasteiger partial charge on any atom is -0.494 e. The minimum atomic E-state index is -0.230. The molecule has 0 amide bonds. The van der Waals surface area contributed by atoms with E-state index in [1.165, 1.54) is 0 Å². The number of nitrogens with zero attached hydrogens (tertiary/aromatic N) is 1. The van der Waals surface area contributed by atoms with Crippen LogP contribution in [0.2, 0.25) is 0 Å². The van der Waals surface area contributed by atoms with Gasteiger partial charge in [-0.25, -0.2) is 4.98 Å². The molecule has 2 heterocycles. The number of rotatable bonds is 7. The molecule has 1 aromatic heterocycles. The van der Waals surface area contributed by atoms with Crippen molar-refractivity contribution in [3.63, 3.8) is 0 Å². The molecule has 3 aromatic carbocycles. The molecule has 1 unspecified atom stereocenters. The molecular formula is C29H25NO4. The topological polar surface area (TPSA) is 61.6 Å². The number of ketones is 1. The Bertz CT molecular complexity index is 1360. The van der Waals surface area contributed by atoms with Gasteiger partial charge >= 0.3 is 0 Å². The fourth-order valence-corrected chi connectivity index (χ4v) is 3.88. The van der Waals surface area contributed by atoms with Gasteiger partial charge in [0.05, 0.1) is 12.2 Å². The van der Waals surface area contributed by atoms with Gasteiger partial charge in [-0.05, 0) is 73.5 Å². The van der Waals surface area contributed by atoms with Crippen LogP contribution in [0, 0.1) is 0 Å². The molecule has 4 aromatic rings. The third-order valence-corrected chi connectivity index (χ3v) is 5.68. The summed E-state index contributed by atoms with van der Waals surface area (Å²) in [6, 6.07) is 22.5. The molecule has 0 saturated carbocycles. The summed E-state index contributed by atoms with van der Waals surface area (Å²) in [4.78, 5) is 18.3. The number of aromatic nitrogens is 1. The van der Waals surface area contributed by atoms with Crippen molar-refractivity contribution < 1.29 is 18.7 Å². The fourth-order valence-electron chi connectivity index (χ4n) is 3.88. The first-order chi connectivity index (χ1) is 16.6. The summed E-state index contributed by atoms with van der Waals surface area (Å²) >= 11 is 0. The van der Waals surface area contributed by atoms with E-state index in [9.17, 15) is 4.79 Å². The zero-order valence-electron chi connectivity index (χ0n) is 19.2. The third-order valence-electron chi connectivity index (χ3n) is 5.68. The number of allylic oxidation sites excluding steroid dienone is 1. The highest BCUT2D eigenvalue weighted by molar-refractivity contribution is 6.28. The number of hydrogen-bond acceptors (Lipinski definition) is 5. The Hall–Kier alpha value is -4.12. The minimum absolute atomic E-state index is 0.180. The van der Waals surface area contributed by atoms with Crippen LogP contribution in [0.15, 0.2) is 88.9 Å². The molecule has 5 nitrogen and oxygen atoms in total. The molecule has 5 heteroatoms. The molecule has 1 aliphatic heterocycles. The van der Waals surface area contributed by atoms with E-state index >= 15 is 0 Å². The summed E-state index contributed by atoms with van der Waals surface area (Å²) in [5, 5.41) is 0. The van der Waals surface area contributed by atoms with E-state index in [1.54, 1.807) is 12.1 Å². The average Bonchev–Trinajstić information content (AvgIpc) is 3.30. The van der Waals surface area contributed by atoms with E-state index in [1.807, 2.05) is 79.7 Å². The average molecular weight is 452 g/mol. The smallest absolute Gasteiger partial charge is 0.231 e. The molecule has 0 radical (unpaired) electrons. The molecular weight excluding hydrogens is 426 g/mol. The number of Topliss-reactive ketones (excluding diaryl/α,β-unsaturated/α-hetero) is 1. The van der Waals surface area contributed by atoms with Gasteiger partial charge in [0.25, 0.3) is 0 Å². The van der Waals surface area contributed by atoms with E-state index < -0.39 is 0 Å². The van der Waals surface area contributed by atoms with Crippen molar-refractivity contribution in [3.05, 3.63) is 101 Å². The van der Waals surface area contributed by atoms with Crippen LogP contribution < -0.4 is 9.47 Å². The molecule has 0 saturated heterocycles. The van der Waals surface area contributed by atoms with Gasteiger partial charge in [0.15, 0.2) is 11.4 Å². The largest absolute Gasteiger partial charge is 0.494 e. The lowest BCUT2D eigenvalue weighted by molar-refractivity contribution is 0.105. The number of carbonyl (C=O) groups excluding carboxylic acids is 1. The zero-order valence-corrected chi connectivity index (χ0v) is 19.2. The highest BCUT2D eigenvalue weighted by Gasteiger charge is 2.24. The molecule has 170 valence electrons. The maximum Gasteiger partial charge on any atom is 0.231 e. The number of para-hydroxylation sites is 3. The number of hydrogen-bond donors (Lipinski definition) is 0. The van der Waals surface area contributed by atoms with Crippen molar-refractivity contribution in [1.82, 2.24) is 4.98 Å². The highest BCUT2D eigenvalue weighted by atomic mass is 16.5. The van der Waals surface area contributed by atoms with Crippen LogP contribution in [0.5, 0.6) is 11.5 Å².